The van der Waals surface area contributed by atoms with Crippen molar-refractivity contribution in [2.75, 3.05) is 18.2 Å². The number of anilines is 1. The Morgan fingerprint density at radius 3 is 2.85 bits per heavy atom. The van der Waals surface area contributed by atoms with E-state index in [0.717, 1.165) is 5.56 Å². The second-order valence-electron chi connectivity index (χ2n) is 5.53. The van der Waals surface area contributed by atoms with Crippen molar-refractivity contribution < 1.29 is 13.9 Å². The first-order valence-corrected chi connectivity index (χ1v) is 9.26. The van der Waals surface area contributed by atoms with Crippen LogP contribution in [0.15, 0.2) is 47.6 Å². The van der Waals surface area contributed by atoms with Crippen LogP contribution in [0.1, 0.15) is 0 Å². The smallest absolute Gasteiger partial charge is 0.234 e. The summed E-state index contributed by atoms with van der Waals surface area (Å²) in [7, 11) is 3.39. The molecule has 3 aromatic rings. The van der Waals surface area contributed by atoms with Gasteiger partial charge >= 0.3 is 0 Å². The topological polar surface area (TPSA) is 69.0 Å². The Morgan fingerprint density at radius 2 is 2.07 bits per heavy atom. The molecule has 0 aliphatic heterocycles. The van der Waals surface area contributed by atoms with Crippen molar-refractivity contribution in [2.24, 2.45) is 7.05 Å². The molecule has 0 spiro atoms. The van der Waals surface area contributed by atoms with Crippen molar-refractivity contribution >= 4 is 35.0 Å². The zero-order valence-corrected chi connectivity index (χ0v) is 16.1. The number of halogens is 2. The Kier molecular flexibility index (Phi) is 5.98. The van der Waals surface area contributed by atoms with E-state index >= 15 is 0 Å². The molecule has 9 heteroatoms. The van der Waals surface area contributed by atoms with Gasteiger partial charge in [-0.25, -0.2) is 4.39 Å². The van der Waals surface area contributed by atoms with E-state index in [9.17, 15) is 9.18 Å². The lowest BCUT2D eigenvalue weighted by molar-refractivity contribution is -0.113. The summed E-state index contributed by atoms with van der Waals surface area (Å²) < 4.78 is 20.8. The average Bonchev–Trinajstić information content (AvgIpc) is 3.03. The normalized spacial score (nSPS) is 10.7. The van der Waals surface area contributed by atoms with Crippen LogP contribution in [0.5, 0.6) is 5.75 Å². The number of nitrogens with one attached hydrogen (secondary N) is 1. The Hall–Kier alpha value is -2.58. The number of nitrogens with zero attached hydrogens (tertiary/aromatic N) is 3. The van der Waals surface area contributed by atoms with E-state index in [2.05, 4.69) is 15.5 Å². The van der Waals surface area contributed by atoms with Gasteiger partial charge in [0.05, 0.1) is 24.1 Å². The lowest BCUT2D eigenvalue weighted by Crippen LogP contribution is -2.15. The number of aromatic nitrogens is 3. The number of carbonyl (C=O) groups is 1. The van der Waals surface area contributed by atoms with E-state index in [1.165, 1.54) is 30.0 Å². The molecule has 0 radical (unpaired) electrons. The number of hydrogen-bond donors (Lipinski definition) is 1. The third-order valence-electron chi connectivity index (χ3n) is 3.72. The van der Waals surface area contributed by atoms with Crippen LogP contribution in [-0.4, -0.2) is 33.5 Å². The molecule has 1 amide bonds. The molecule has 0 atom stereocenters. The molecule has 2 aromatic carbocycles. The standard InChI is InChI=1S/C18H16ClFN4O2S/c1-24-17(12-5-3-4-6-15(12)26-2)22-23-18(24)27-10-16(25)21-14-9-11(19)7-8-13(14)20/h3-9H,10H2,1-2H3,(H,21,25). The quantitative estimate of drug-likeness (QED) is 0.626. The van der Waals surface area contributed by atoms with Gasteiger partial charge in [0.25, 0.3) is 0 Å². The van der Waals surface area contributed by atoms with Crippen LogP contribution in [0.25, 0.3) is 11.4 Å². The molecule has 3 rings (SSSR count). The number of rotatable bonds is 6. The largest absolute Gasteiger partial charge is 0.496 e. The van der Waals surface area contributed by atoms with Gasteiger partial charge in [-0.05, 0) is 30.3 Å². The molecule has 0 saturated carbocycles. The SMILES string of the molecule is COc1ccccc1-c1nnc(SCC(=O)Nc2cc(Cl)ccc2F)n1C. The summed E-state index contributed by atoms with van der Waals surface area (Å²) in [6, 6.07) is 11.4. The predicted molar refractivity (Wildman–Crippen MR) is 104 cm³/mol. The van der Waals surface area contributed by atoms with Gasteiger partial charge in [0, 0.05) is 12.1 Å². The molecular weight excluding hydrogens is 391 g/mol. The zero-order valence-electron chi connectivity index (χ0n) is 14.6. The highest BCUT2D eigenvalue weighted by Gasteiger charge is 2.16. The van der Waals surface area contributed by atoms with Crippen molar-refractivity contribution in [3.05, 3.63) is 53.3 Å². The summed E-state index contributed by atoms with van der Waals surface area (Å²) in [6.07, 6.45) is 0. The number of benzene rings is 2. The number of carbonyl (C=O) groups excluding carboxylic acids is 1. The van der Waals surface area contributed by atoms with Crippen LogP contribution in [0, 0.1) is 5.82 Å². The van der Waals surface area contributed by atoms with E-state index in [4.69, 9.17) is 16.3 Å². The minimum absolute atomic E-state index is 0.0424. The minimum Gasteiger partial charge on any atom is -0.496 e. The second kappa shape index (κ2) is 8.41. The van der Waals surface area contributed by atoms with E-state index in [0.29, 0.717) is 21.8 Å². The third kappa shape index (κ3) is 4.40. The van der Waals surface area contributed by atoms with Crippen molar-refractivity contribution in [3.63, 3.8) is 0 Å². The van der Waals surface area contributed by atoms with Gasteiger partial charge in [-0.2, -0.15) is 0 Å². The van der Waals surface area contributed by atoms with Gasteiger partial charge in [-0.15, -0.1) is 10.2 Å². The lowest BCUT2D eigenvalue weighted by atomic mass is 10.2. The summed E-state index contributed by atoms with van der Waals surface area (Å²) in [5, 5.41) is 11.7. The van der Waals surface area contributed by atoms with Gasteiger partial charge in [0.2, 0.25) is 5.91 Å². The molecule has 0 aliphatic carbocycles. The first kappa shape index (κ1) is 19.2. The Bertz CT molecular complexity index is 980. The zero-order chi connectivity index (χ0) is 19.4. The number of para-hydroxylation sites is 1. The Balaban J connectivity index is 1.69. The van der Waals surface area contributed by atoms with Gasteiger partial charge in [0.1, 0.15) is 11.6 Å². The molecule has 0 aliphatic rings. The molecule has 1 N–H and O–H groups in total. The summed E-state index contributed by atoms with van der Waals surface area (Å²) >= 11 is 7.02. The van der Waals surface area contributed by atoms with E-state index in [1.54, 1.807) is 18.7 Å². The van der Waals surface area contributed by atoms with Gasteiger partial charge in [-0.3, -0.25) is 4.79 Å². The summed E-state index contributed by atoms with van der Waals surface area (Å²) in [5.41, 5.74) is 0.841. The van der Waals surface area contributed by atoms with E-state index < -0.39 is 5.82 Å². The molecule has 0 bridgehead atoms. The maximum atomic E-state index is 13.7. The van der Waals surface area contributed by atoms with Crippen molar-refractivity contribution in [3.8, 4) is 17.1 Å². The average molecular weight is 407 g/mol. The molecular formula is C18H16ClFN4O2S. The first-order chi connectivity index (χ1) is 13.0. The molecule has 6 nitrogen and oxygen atoms in total. The molecule has 1 heterocycles. The van der Waals surface area contributed by atoms with Gasteiger partial charge in [-0.1, -0.05) is 35.5 Å². The molecule has 1 aromatic heterocycles. The van der Waals surface area contributed by atoms with Crippen LogP contribution < -0.4 is 10.1 Å². The first-order valence-electron chi connectivity index (χ1n) is 7.90. The highest BCUT2D eigenvalue weighted by molar-refractivity contribution is 7.99. The fourth-order valence-corrected chi connectivity index (χ4v) is 3.30. The number of thioether (sulfide) groups is 1. The maximum absolute atomic E-state index is 13.7. The summed E-state index contributed by atoms with van der Waals surface area (Å²) in [4.78, 5) is 12.1. The lowest BCUT2D eigenvalue weighted by Gasteiger charge is -2.08. The van der Waals surface area contributed by atoms with Crippen LogP contribution >= 0.6 is 23.4 Å². The molecule has 0 fully saturated rings. The van der Waals surface area contributed by atoms with Crippen LogP contribution in [0.4, 0.5) is 10.1 Å². The molecule has 27 heavy (non-hydrogen) atoms. The monoisotopic (exact) mass is 406 g/mol. The van der Waals surface area contributed by atoms with Crippen molar-refractivity contribution in [1.29, 1.82) is 0 Å². The number of ether oxygens (including phenoxy) is 1. The fourth-order valence-electron chi connectivity index (χ4n) is 2.41. The number of methoxy groups -OCH3 is 1. The highest BCUT2D eigenvalue weighted by Crippen LogP contribution is 2.30. The van der Waals surface area contributed by atoms with Crippen LogP contribution in [0.3, 0.4) is 0 Å². The highest BCUT2D eigenvalue weighted by atomic mass is 35.5. The van der Waals surface area contributed by atoms with Gasteiger partial charge in [0.15, 0.2) is 11.0 Å². The van der Waals surface area contributed by atoms with E-state index in [-0.39, 0.29) is 17.3 Å². The van der Waals surface area contributed by atoms with Crippen molar-refractivity contribution in [1.82, 2.24) is 14.8 Å². The maximum Gasteiger partial charge on any atom is 0.234 e. The molecule has 0 unspecified atom stereocenters. The van der Waals surface area contributed by atoms with Crippen LogP contribution in [-0.2, 0) is 11.8 Å². The van der Waals surface area contributed by atoms with Gasteiger partial charge < -0.3 is 14.6 Å². The van der Waals surface area contributed by atoms with Crippen molar-refractivity contribution in [2.45, 2.75) is 5.16 Å². The second-order valence-corrected chi connectivity index (χ2v) is 6.91. The Labute approximate surface area is 164 Å². The summed E-state index contributed by atoms with van der Waals surface area (Å²) in [6.45, 7) is 0. The summed E-state index contributed by atoms with van der Waals surface area (Å²) in [5.74, 6) is 0.428. The fraction of sp³-hybridized carbons (Fsp3) is 0.167. The number of hydrogen-bond acceptors (Lipinski definition) is 5. The number of amides is 1. The van der Waals surface area contributed by atoms with E-state index in [1.807, 2.05) is 24.3 Å². The Morgan fingerprint density at radius 1 is 1.30 bits per heavy atom. The van der Waals surface area contributed by atoms with Crippen LogP contribution in [0.2, 0.25) is 5.02 Å². The molecule has 140 valence electrons. The third-order valence-corrected chi connectivity index (χ3v) is 4.97. The predicted octanol–water partition coefficient (Wildman–Crippen LogP) is 4.01. The minimum atomic E-state index is -0.546. The molecule has 0 saturated heterocycles.